The molecule has 1 fully saturated rings. The molecule has 5 rings (SSSR count). The first kappa shape index (κ1) is 53.2. The van der Waals surface area contributed by atoms with Crippen LogP contribution < -0.4 is 9.80 Å². The quantitative estimate of drug-likeness (QED) is 0.0430. The summed E-state index contributed by atoms with van der Waals surface area (Å²) in [5.41, 5.74) is 2.09. The van der Waals surface area contributed by atoms with Crippen LogP contribution in [0.2, 0.25) is 0 Å². The molecule has 67 heavy (non-hydrogen) atoms. The number of ether oxygens (including phenoxy) is 2. The molecule has 2 amide bonds. The number of carbonyl (C=O) groups is 3. The fourth-order valence-corrected chi connectivity index (χ4v) is 10.6. The molecule has 0 bridgehead atoms. The van der Waals surface area contributed by atoms with Gasteiger partial charge in [0.2, 0.25) is 0 Å². The first-order valence-electron chi connectivity index (χ1n) is 22.1. The maximum atomic E-state index is 12.3. The van der Waals surface area contributed by atoms with Crippen LogP contribution in [-0.4, -0.2) is 114 Å². The molecular formula is C46H61N3O15S3. The molecule has 0 aliphatic carbocycles. The lowest BCUT2D eigenvalue weighted by Gasteiger charge is -2.35. The summed E-state index contributed by atoms with van der Waals surface area (Å²) in [4.78, 5) is 44.4. The second-order valence-electron chi connectivity index (χ2n) is 17.2. The number of benzene rings is 2. The molecule has 3 aliphatic heterocycles. The molecule has 368 valence electrons. The third-order valence-corrected chi connectivity index (χ3v) is 15.1. The van der Waals surface area contributed by atoms with E-state index in [1.54, 1.807) is 26.4 Å². The lowest BCUT2D eigenvalue weighted by atomic mass is 9.75. The number of nitrogens with zero attached hydrogens (tertiary/aromatic N) is 3. The first-order chi connectivity index (χ1) is 31.5. The highest BCUT2D eigenvalue weighted by Gasteiger charge is 2.47. The van der Waals surface area contributed by atoms with Crippen molar-refractivity contribution < 1.29 is 67.6 Å². The van der Waals surface area contributed by atoms with Crippen molar-refractivity contribution in [1.29, 1.82) is 0 Å². The van der Waals surface area contributed by atoms with Crippen molar-refractivity contribution in [2.24, 2.45) is 0 Å². The van der Waals surface area contributed by atoms with Gasteiger partial charge in [0.1, 0.15) is 0 Å². The zero-order chi connectivity index (χ0) is 49.2. The Labute approximate surface area is 393 Å². The number of imide groups is 1. The predicted octanol–water partition coefficient (Wildman–Crippen LogP) is 6.26. The maximum absolute atomic E-state index is 12.3. The van der Waals surface area contributed by atoms with Crippen LogP contribution in [0.15, 0.2) is 94.4 Å². The number of allylic oxidation sites excluding steroid dienone is 7. The lowest BCUT2D eigenvalue weighted by Crippen LogP contribution is -2.43. The normalized spacial score (nSPS) is 21.8. The maximum Gasteiger partial charge on any atom is 0.333 e. The van der Waals surface area contributed by atoms with Gasteiger partial charge < -0.3 is 24.1 Å². The van der Waals surface area contributed by atoms with Crippen LogP contribution in [0.1, 0.15) is 95.6 Å². The standard InChI is InChI=1S/C46H61N3O15S3/c1-45(25-15-31-65(53,54)55)36-32-34(66(56,57)58)20-22-39(36)48(28-30-63-4)40(45)16-11-7-5-8-12-17-41-46(2,26-29-62-3)37-33-35(67(59,60)61)19-21-38(37)47(41)27-14-10-6-9-13-18-44(52)64-49-42(50)23-24-43(49)51/h5,7-8,11-12,16-17,19-22,32-33,40H,6,9-10,13-15,18,23-31H2,1-4H3,(H,53,54,55)(H,56,57,58)(H,59,60,61)/b7-5+,12-8+,16-11+,41-17+. The third kappa shape index (κ3) is 13.3. The van der Waals surface area contributed by atoms with E-state index >= 15 is 0 Å². The number of methoxy groups -OCH3 is 2. The van der Waals surface area contributed by atoms with Crippen LogP contribution in [0.5, 0.6) is 0 Å². The van der Waals surface area contributed by atoms with Crippen molar-refractivity contribution >= 4 is 59.5 Å². The monoisotopic (exact) mass is 991 g/mol. The van der Waals surface area contributed by atoms with Gasteiger partial charge in [-0.25, -0.2) is 4.79 Å². The Morgan fingerprint density at radius 2 is 1.30 bits per heavy atom. The van der Waals surface area contributed by atoms with Crippen molar-refractivity contribution in [3.05, 3.63) is 95.8 Å². The number of carbonyl (C=O) groups excluding carboxylic acids is 3. The van der Waals surface area contributed by atoms with Gasteiger partial charge in [-0.15, -0.1) is 5.06 Å². The van der Waals surface area contributed by atoms with Crippen LogP contribution in [0.4, 0.5) is 11.4 Å². The minimum Gasteiger partial charge on any atom is -0.385 e. The van der Waals surface area contributed by atoms with Crippen LogP contribution in [-0.2, 0) is 69.9 Å². The van der Waals surface area contributed by atoms with E-state index in [0.29, 0.717) is 67.4 Å². The van der Waals surface area contributed by atoms with Crippen LogP contribution in [0.3, 0.4) is 0 Å². The zero-order valence-electron chi connectivity index (χ0n) is 38.2. The van der Waals surface area contributed by atoms with Crippen molar-refractivity contribution in [3.63, 3.8) is 0 Å². The van der Waals surface area contributed by atoms with Gasteiger partial charge in [0.05, 0.1) is 28.2 Å². The molecule has 3 aliphatic rings. The van der Waals surface area contributed by atoms with Crippen molar-refractivity contribution in [2.45, 2.75) is 111 Å². The summed E-state index contributed by atoms with van der Waals surface area (Å²) in [6.07, 6.45) is 17.5. The van der Waals surface area contributed by atoms with Crippen molar-refractivity contribution in [2.75, 3.05) is 56.1 Å². The van der Waals surface area contributed by atoms with Gasteiger partial charge in [-0.3, -0.25) is 23.2 Å². The third-order valence-electron chi connectivity index (χ3n) is 12.6. The molecule has 3 atom stereocenters. The largest absolute Gasteiger partial charge is 0.385 e. The van der Waals surface area contributed by atoms with Gasteiger partial charge in [-0.05, 0) is 92.6 Å². The molecule has 3 heterocycles. The Balaban J connectivity index is 1.35. The van der Waals surface area contributed by atoms with Crippen LogP contribution in [0.25, 0.3) is 0 Å². The minimum absolute atomic E-state index is 0.0263. The van der Waals surface area contributed by atoms with Gasteiger partial charge in [-0.1, -0.05) is 62.6 Å². The molecule has 0 radical (unpaired) electrons. The minimum atomic E-state index is -4.56. The number of rotatable bonds is 25. The molecule has 2 aromatic carbocycles. The molecule has 21 heteroatoms. The number of amides is 2. The summed E-state index contributed by atoms with van der Waals surface area (Å²) in [6, 6.07) is 8.48. The molecular weight excluding hydrogens is 931 g/mol. The van der Waals surface area contributed by atoms with Crippen molar-refractivity contribution in [1.82, 2.24) is 5.06 Å². The van der Waals surface area contributed by atoms with Crippen molar-refractivity contribution in [3.8, 4) is 0 Å². The Kier molecular flexibility index (Phi) is 17.9. The van der Waals surface area contributed by atoms with E-state index in [0.717, 1.165) is 30.6 Å². The van der Waals surface area contributed by atoms with Gasteiger partial charge >= 0.3 is 5.97 Å². The molecule has 3 N–H and O–H groups in total. The van der Waals surface area contributed by atoms with E-state index in [2.05, 4.69) is 4.90 Å². The summed E-state index contributed by atoms with van der Waals surface area (Å²) in [5.74, 6) is -2.18. The number of hydroxylamine groups is 2. The van der Waals surface area contributed by atoms with Gasteiger partial charge in [-0.2, -0.15) is 25.3 Å². The average Bonchev–Trinajstić information content (AvgIpc) is 3.78. The Morgan fingerprint density at radius 3 is 1.93 bits per heavy atom. The molecule has 18 nitrogen and oxygen atoms in total. The molecule has 0 spiro atoms. The van der Waals surface area contributed by atoms with Crippen LogP contribution >= 0.6 is 0 Å². The Hall–Kier alpha value is -4.74. The highest BCUT2D eigenvalue weighted by Crippen LogP contribution is 2.51. The summed E-state index contributed by atoms with van der Waals surface area (Å²) < 4.78 is 113. The fraction of sp³-hybridized carbons (Fsp3) is 0.500. The highest BCUT2D eigenvalue weighted by atomic mass is 32.2. The SMILES string of the molecule is COCCN1c2ccc(S(=O)(=O)O)cc2C(C)(CCCS(=O)(=O)O)C1/C=C/C=C/C=C/C=C1/N(CCCCCCCC(=O)ON2C(=O)CCC2=O)c2ccc(S(=O)(=O)O)cc2C1(C)CCOC. The summed E-state index contributed by atoms with van der Waals surface area (Å²) in [5, 5.41) is 0.547. The summed E-state index contributed by atoms with van der Waals surface area (Å²) in [6.45, 7) is 5.54. The summed E-state index contributed by atoms with van der Waals surface area (Å²) in [7, 11) is -10.2. The molecule has 0 saturated carbocycles. The fourth-order valence-electron chi connectivity index (χ4n) is 9.09. The number of unbranched alkanes of at least 4 members (excludes halogenated alkanes) is 4. The number of anilines is 2. The van der Waals surface area contributed by atoms with E-state index in [9.17, 15) is 53.3 Å². The van der Waals surface area contributed by atoms with Gasteiger partial charge in [0, 0.05) is 81.1 Å². The van der Waals surface area contributed by atoms with E-state index in [1.165, 1.54) is 24.3 Å². The number of hydrogen-bond acceptors (Lipinski definition) is 14. The zero-order valence-corrected chi connectivity index (χ0v) is 40.7. The van der Waals surface area contributed by atoms with Gasteiger partial charge in [0.15, 0.2) is 0 Å². The highest BCUT2D eigenvalue weighted by molar-refractivity contribution is 7.86. The van der Waals surface area contributed by atoms with Gasteiger partial charge in [0.25, 0.3) is 42.2 Å². The lowest BCUT2D eigenvalue weighted by molar-refractivity contribution is -0.197. The molecule has 3 unspecified atom stereocenters. The Bertz CT molecular complexity index is 2590. The predicted molar refractivity (Wildman–Crippen MR) is 250 cm³/mol. The van der Waals surface area contributed by atoms with Crippen LogP contribution in [0, 0.1) is 0 Å². The summed E-state index contributed by atoms with van der Waals surface area (Å²) >= 11 is 0. The second kappa shape index (κ2) is 22.6. The van der Waals surface area contributed by atoms with E-state index in [1.807, 2.05) is 61.3 Å². The second-order valence-corrected chi connectivity index (χ2v) is 21.7. The topological polar surface area (TPSA) is 252 Å². The molecule has 1 saturated heterocycles. The van der Waals surface area contributed by atoms with E-state index < -0.39 is 70.8 Å². The van der Waals surface area contributed by atoms with E-state index in [4.69, 9.17) is 14.3 Å². The Morgan fingerprint density at radius 1 is 0.716 bits per heavy atom. The molecule has 2 aromatic rings. The first-order valence-corrected chi connectivity index (χ1v) is 26.5. The smallest absolute Gasteiger partial charge is 0.333 e. The number of fused-ring (bicyclic) bond motifs is 2. The molecule has 0 aromatic heterocycles. The van der Waals surface area contributed by atoms with E-state index in [-0.39, 0.29) is 41.9 Å². The average molecular weight is 992 g/mol. The number of hydrogen-bond donors (Lipinski definition) is 3.